The number of allylic oxidation sites excluding steroid dienone is 4. The first-order valence-corrected chi connectivity index (χ1v) is 16.0. The molecule has 204 valence electrons. The molecule has 0 atom stereocenters. The normalized spacial score (nSPS) is 15.0. The van der Waals surface area contributed by atoms with Crippen molar-refractivity contribution in [3.8, 4) is 0 Å². The highest BCUT2D eigenvalue weighted by Crippen LogP contribution is 2.31. The van der Waals surface area contributed by atoms with Crippen LogP contribution in [0.2, 0.25) is 0 Å². The molecule has 1 aliphatic rings. The van der Waals surface area contributed by atoms with E-state index in [1.165, 1.54) is 54.6 Å². The molecule has 3 nitrogen and oxygen atoms in total. The fourth-order valence-corrected chi connectivity index (χ4v) is 7.20. The maximum absolute atomic E-state index is 15.6. The quantitative estimate of drug-likeness (QED) is 0.184. The predicted octanol–water partition coefficient (Wildman–Crippen LogP) is -14.3. The molecule has 0 saturated carbocycles. The number of hydrogen-bond acceptors (Lipinski definition) is 2. The summed E-state index contributed by atoms with van der Waals surface area (Å²) in [4.78, 5) is 20.7. The van der Waals surface area contributed by atoms with Gasteiger partial charge in [0.05, 0.1) is 16.7 Å². The Labute approximate surface area is 273 Å². The standard InChI is InChI=1S/C29H36B12N2O/c1-3-11-42-9-6-4-5-7-10(9)43(11)28-15-12(18(32)23(37)26(40)21(15)35)13(29(44)16(28)22(36)17(31)8(2)30)14-19(33)24(38)27(41)25(39)20(14)34/h4-7H,3,30-41H2,1-2H3/b17-8-,22-16+. The molecule has 0 radical (unpaired) electrons. The largest absolute Gasteiger partial charge is 0.295 e. The van der Waals surface area contributed by atoms with Crippen LogP contribution in [0.4, 0.5) is 0 Å². The van der Waals surface area contributed by atoms with E-state index < -0.39 is 0 Å². The minimum Gasteiger partial charge on any atom is -0.295 e. The molecule has 3 aromatic carbocycles. The Balaban J connectivity index is 2.26. The number of benzene rings is 3. The Morgan fingerprint density at radius 3 is 1.77 bits per heavy atom. The molecule has 1 heterocycles. The first kappa shape index (κ1) is 32.2. The highest BCUT2D eigenvalue weighted by atomic mass is 16.1. The summed E-state index contributed by atoms with van der Waals surface area (Å²) in [5.74, 6) is 1.07. The van der Waals surface area contributed by atoms with E-state index in [0.717, 1.165) is 67.1 Å². The van der Waals surface area contributed by atoms with Crippen LogP contribution in [0.1, 0.15) is 25.2 Å². The summed E-state index contributed by atoms with van der Waals surface area (Å²) < 4.78 is 2.30. The molecular weight excluding hydrogens is 522 g/mol. The summed E-state index contributed by atoms with van der Waals surface area (Å²) in [6.07, 6.45) is 0.754. The van der Waals surface area contributed by atoms with Gasteiger partial charge in [0.25, 0.3) is 0 Å². The summed E-state index contributed by atoms with van der Waals surface area (Å²) in [5.41, 5.74) is 20.2. The van der Waals surface area contributed by atoms with Gasteiger partial charge in [-0.1, -0.05) is 53.3 Å². The minimum atomic E-state index is 0.102. The Kier molecular flexibility index (Phi) is 8.51. The molecule has 0 bridgehead atoms. The Hall–Kier alpha value is -3.20. The fourth-order valence-electron chi connectivity index (χ4n) is 7.20. The van der Waals surface area contributed by atoms with Crippen molar-refractivity contribution in [2.75, 3.05) is 0 Å². The van der Waals surface area contributed by atoms with Crippen molar-refractivity contribution in [1.29, 1.82) is 0 Å². The number of para-hydroxylation sites is 2. The number of Topliss-reactive ketones (excluding diaryl/α,β-unsaturated/α-hetero) is 1. The van der Waals surface area contributed by atoms with Gasteiger partial charge in [0.1, 0.15) is 100.0 Å². The van der Waals surface area contributed by atoms with Crippen molar-refractivity contribution in [2.24, 2.45) is 0 Å². The number of imidazole rings is 1. The van der Waals surface area contributed by atoms with Crippen LogP contribution in [-0.4, -0.2) is 109 Å². The van der Waals surface area contributed by atoms with E-state index in [0.29, 0.717) is 0 Å². The van der Waals surface area contributed by atoms with Crippen molar-refractivity contribution < 1.29 is 4.79 Å². The van der Waals surface area contributed by atoms with Crippen LogP contribution in [0.15, 0.2) is 46.3 Å². The Bertz CT molecular complexity index is 2130. The van der Waals surface area contributed by atoms with Crippen molar-refractivity contribution in [1.82, 2.24) is 9.55 Å². The average Bonchev–Trinajstić information content (AvgIpc) is 3.38. The minimum absolute atomic E-state index is 0.102. The van der Waals surface area contributed by atoms with E-state index in [4.69, 9.17) is 4.98 Å². The van der Waals surface area contributed by atoms with E-state index in [1.54, 1.807) is 0 Å². The van der Waals surface area contributed by atoms with Crippen molar-refractivity contribution in [3.05, 3.63) is 68.1 Å². The summed E-state index contributed by atoms with van der Waals surface area (Å²) >= 11 is 0. The summed E-state index contributed by atoms with van der Waals surface area (Å²) in [6.45, 7) is 4.29. The molecule has 0 fully saturated rings. The molecule has 44 heavy (non-hydrogen) atoms. The lowest BCUT2D eigenvalue weighted by Gasteiger charge is -2.30. The molecule has 0 amide bonds. The van der Waals surface area contributed by atoms with Gasteiger partial charge < -0.3 is 0 Å². The maximum atomic E-state index is 15.6. The van der Waals surface area contributed by atoms with Gasteiger partial charge in [0.15, 0.2) is 5.78 Å². The number of carbonyl (C=O) groups excluding carboxylic acids is 1. The van der Waals surface area contributed by atoms with Crippen LogP contribution in [0.25, 0.3) is 22.3 Å². The second-order valence-corrected chi connectivity index (χ2v) is 13.1. The molecule has 0 spiro atoms. The van der Waals surface area contributed by atoms with E-state index in [1.807, 2.05) is 6.07 Å². The van der Waals surface area contributed by atoms with Crippen molar-refractivity contribution in [3.63, 3.8) is 0 Å². The molecule has 0 saturated heterocycles. The van der Waals surface area contributed by atoms with Crippen LogP contribution in [0.3, 0.4) is 0 Å². The molecule has 0 N–H and O–H groups in total. The summed E-state index contributed by atoms with van der Waals surface area (Å²) in [6, 6.07) is 8.34. The first-order chi connectivity index (χ1) is 20.7. The number of aromatic nitrogens is 2. The summed E-state index contributed by atoms with van der Waals surface area (Å²) in [7, 11) is 26.3. The molecule has 0 unspecified atom stereocenters. The van der Waals surface area contributed by atoms with Gasteiger partial charge in [-0.15, -0.1) is 38.3 Å². The highest BCUT2D eigenvalue weighted by molar-refractivity contribution is 6.69. The number of ketones is 1. The van der Waals surface area contributed by atoms with Gasteiger partial charge >= 0.3 is 0 Å². The van der Waals surface area contributed by atoms with Crippen molar-refractivity contribution >= 4 is 171 Å². The van der Waals surface area contributed by atoms with Gasteiger partial charge in [0, 0.05) is 17.6 Å². The zero-order chi connectivity index (χ0) is 32.5. The van der Waals surface area contributed by atoms with Crippen LogP contribution in [0, 0.1) is 0 Å². The Morgan fingerprint density at radius 1 is 0.727 bits per heavy atom. The molecule has 4 aromatic rings. The third-order valence-corrected chi connectivity index (χ3v) is 11.0. The van der Waals surface area contributed by atoms with Crippen LogP contribution < -0.4 is 59.6 Å². The van der Waals surface area contributed by atoms with Gasteiger partial charge in [-0.3, -0.25) is 9.36 Å². The third kappa shape index (κ3) is 4.60. The molecule has 5 rings (SSSR count). The molecule has 0 aliphatic heterocycles. The van der Waals surface area contributed by atoms with E-state index in [-0.39, 0.29) is 5.78 Å². The van der Waals surface area contributed by atoms with Gasteiger partial charge in [-0.05, 0) is 28.1 Å². The number of aryl methyl sites for hydroxylation is 1. The average molecular weight is 558 g/mol. The lowest BCUT2D eigenvalue weighted by atomic mass is 9.57. The zero-order valence-corrected chi connectivity index (χ0v) is 29.3. The van der Waals surface area contributed by atoms with E-state index >= 15 is 4.79 Å². The number of carbonyl (C=O) groups is 1. The fraction of sp³-hybridized carbons (Fsp3) is 0.103. The van der Waals surface area contributed by atoms with E-state index in [9.17, 15) is 0 Å². The summed E-state index contributed by atoms with van der Waals surface area (Å²) in [5, 5.41) is 2.23. The predicted molar refractivity (Wildman–Crippen MR) is 227 cm³/mol. The SMILES string of the molecule is B/C(C)=C(B)/C(B)=C1\C(=O)C(c2c(B)c(B)c(B)c(B)c2B)=c2c(B)c(B)c(B)c(B)c2=C1n1c(CC)nc2ccccc21. The van der Waals surface area contributed by atoms with Crippen LogP contribution in [0.5, 0.6) is 0 Å². The van der Waals surface area contributed by atoms with Crippen LogP contribution >= 0.6 is 0 Å². The Morgan fingerprint density at radius 2 is 1.23 bits per heavy atom. The smallest absolute Gasteiger partial charge is 0.195 e. The second-order valence-electron chi connectivity index (χ2n) is 13.1. The van der Waals surface area contributed by atoms with Gasteiger partial charge in [-0.2, -0.15) is 0 Å². The monoisotopic (exact) mass is 560 g/mol. The lowest BCUT2D eigenvalue weighted by Crippen LogP contribution is -2.67. The molecular formula is C29H36B12N2O. The zero-order valence-electron chi connectivity index (χ0n) is 29.3. The van der Waals surface area contributed by atoms with Crippen molar-refractivity contribution in [2.45, 2.75) is 20.3 Å². The number of fused-ring (bicyclic) bond motifs is 2. The third-order valence-electron chi connectivity index (χ3n) is 11.0. The molecule has 1 aromatic heterocycles. The van der Waals surface area contributed by atoms with Crippen LogP contribution in [-0.2, 0) is 11.2 Å². The molecule has 15 heteroatoms. The first-order valence-electron chi connectivity index (χ1n) is 16.0. The number of rotatable bonds is 4. The van der Waals surface area contributed by atoms with Gasteiger partial charge in [-0.25, -0.2) is 4.98 Å². The molecule has 1 aliphatic carbocycles. The number of nitrogens with zero attached hydrogens (tertiary/aromatic N) is 2. The second kappa shape index (κ2) is 11.6. The number of hydrogen-bond donors (Lipinski definition) is 0. The highest BCUT2D eigenvalue weighted by Gasteiger charge is 2.34. The topological polar surface area (TPSA) is 34.9 Å². The lowest BCUT2D eigenvalue weighted by molar-refractivity contribution is -0.110. The van der Waals surface area contributed by atoms with Gasteiger partial charge in [0.2, 0.25) is 0 Å². The maximum Gasteiger partial charge on any atom is 0.195 e. The van der Waals surface area contributed by atoms with E-state index in [2.05, 4.69) is 131 Å².